The van der Waals surface area contributed by atoms with E-state index in [-0.39, 0.29) is 16.8 Å². The second-order valence-corrected chi connectivity index (χ2v) is 5.80. The zero-order chi connectivity index (χ0) is 20.3. The topological polar surface area (TPSA) is 129 Å². The van der Waals surface area contributed by atoms with Gasteiger partial charge in [0.15, 0.2) is 6.10 Å². The Hall–Kier alpha value is -3.49. The van der Waals surface area contributed by atoms with Crippen LogP contribution < -0.4 is 0 Å². The van der Waals surface area contributed by atoms with Gasteiger partial charge in [-0.25, -0.2) is 9.59 Å². The van der Waals surface area contributed by atoms with E-state index in [9.17, 15) is 24.5 Å². The number of aryl methyl sites for hydroxylation is 1. The van der Waals surface area contributed by atoms with Crippen LogP contribution >= 0.6 is 0 Å². The number of para-hydroxylation sites is 1. The fourth-order valence-corrected chi connectivity index (χ4v) is 2.69. The Labute approximate surface area is 154 Å². The molecule has 0 aliphatic carbocycles. The summed E-state index contributed by atoms with van der Waals surface area (Å²) in [5.74, 6) is -2.15. The number of aromatic nitrogens is 1. The third kappa shape index (κ3) is 3.86. The van der Waals surface area contributed by atoms with Crippen molar-refractivity contribution in [3.63, 3.8) is 0 Å². The molecule has 1 N–H and O–H groups in total. The minimum atomic E-state index is -1.22. The number of carbonyl (C=O) groups is 3. The summed E-state index contributed by atoms with van der Waals surface area (Å²) >= 11 is 0. The monoisotopic (exact) mass is 374 g/mol. The highest BCUT2D eigenvalue weighted by Crippen LogP contribution is 2.22. The second-order valence-electron chi connectivity index (χ2n) is 5.80. The standard InChI is InChI=1S/C18H18N2O7/c1-9-14(18(23)26-4)10(2)19-15(9)16(21)11(3)27-17(22)12-7-5-6-8-13(12)20(24)25/h5-8,11,19H,1-4H3/t11-/m0/s1. The van der Waals surface area contributed by atoms with Gasteiger partial charge in [-0.05, 0) is 32.4 Å². The number of nitrogens with one attached hydrogen (secondary N) is 1. The smallest absolute Gasteiger partial charge is 0.345 e. The number of nitro benzene ring substituents is 1. The average Bonchev–Trinajstić information content (AvgIpc) is 2.94. The van der Waals surface area contributed by atoms with Crippen LogP contribution in [0.3, 0.4) is 0 Å². The Bertz CT molecular complexity index is 930. The molecule has 142 valence electrons. The zero-order valence-corrected chi connectivity index (χ0v) is 15.2. The van der Waals surface area contributed by atoms with Crippen LogP contribution in [0.1, 0.15) is 49.4 Å². The molecule has 1 aromatic heterocycles. The number of ether oxygens (including phenoxy) is 2. The average molecular weight is 374 g/mol. The molecule has 0 unspecified atom stereocenters. The fourth-order valence-electron chi connectivity index (χ4n) is 2.69. The Morgan fingerprint density at radius 2 is 1.78 bits per heavy atom. The van der Waals surface area contributed by atoms with Crippen LogP contribution in [0.25, 0.3) is 0 Å². The highest BCUT2D eigenvalue weighted by atomic mass is 16.6. The molecule has 2 rings (SSSR count). The molecule has 1 aromatic carbocycles. The third-order valence-electron chi connectivity index (χ3n) is 4.05. The molecule has 0 saturated carbocycles. The zero-order valence-electron chi connectivity index (χ0n) is 15.2. The van der Waals surface area contributed by atoms with Crippen molar-refractivity contribution in [3.05, 3.63) is 62.5 Å². The van der Waals surface area contributed by atoms with E-state index in [0.717, 1.165) is 0 Å². The van der Waals surface area contributed by atoms with Gasteiger partial charge < -0.3 is 14.5 Å². The van der Waals surface area contributed by atoms with Gasteiger partial charge in [-0.15, -0.1) is 0 Å². The predicted molar refractivity (Wildman–Crippen MR) is 93.9 cm³/mol. The van der Waals surface area contributed by atoms with Crippen molar-refractivity contribution in [1.29, 1.82) is 0 Å². The Balaban J connectivity index is 2.26. The maximum absolute atomic E-state index is 12.6. The summed E-state index contributed by atoms with van der Waals surface area (Å²) in [4.78, 5) is 49.8. The van der Waals surface area contributed by atoms with Crippen LogP contribution in [0.15, 0.2) is 24.3 Å². The maximum Gasteiger partial charge on any atom is 0.345 e. The summed E-state index contributed by atoms with van der Waals surface area (Å²) < 4.78 is 9.80. The number of ketones is 1. The van der Waals surface area contributed by atoms with Crippen molar-refractivity contribution < 1.29 is 28.8 Å². The van der Waals surface area contributed by atoms with E-state index in [1.54, 1.807) is 13.8 Å². The molecule has 0 radical (unpaired) electrons. The van der Waals surface area contributed by atoms with E-state index in [0.29, 0.717) is 11.3 Å². The quantitative estimate of drug-likeness (QED) is 0.356. The number of carbonyl (C=O) groups excluding carboxylic acids is 3. The number of methoxy groups -OCH3 is 1. The number of nitrogens with zero attached hydrogens (tertiary/aromatic N) is 1. The fraction of sp³-hybridized carbons (Fsp3) is 0.278. The second kappa shape index (κ2) is 7.81. The number of nitro groups is 1. The summed E-state index contributed by atoms with van der Waals surface area (Å²) in [6.07, 6.45) is -1.22. The van der Waals surface area contributed by atoms with Gasteiger partial charge in [-0.3, -0.25) is 14.9 Å². The van der Waals surface area contributed by atoms with Gasteiger partial charge in [-0.1, -0.05) is 12.1 Å². The predicted octanol–water partition coefficient (Wildman–Crippen LogP) is 2.75. The van der Waals surface area contributed by atoms with Gasteiger partial charge in [-0.2, -0.15) is 0 Å². The van der Waals surface area contributed by atoms with Crippen LogP contribution in [0.5, 0.6) is 0 Å². The van der Waals surface area contributed by atoms with Crippen LogP contribution in [0.4, 0.5) is 5.69 Å². The Morgan fingerprint density at radius 1 is 1.15 bits per heavy atom. The van der Waals surface area contributed by atoms with Crippen molar-refractivity contribution in [3.8, 4) is 0 Å². The van der Waals surface area contributed by atoms with Crippen LogP contribution in [0.2, 0.25) is 0 Å². The molecule has 0 saturated heterocycles. The first-order valence-electron chi connectivity index (χ1n) is 7.95. The highest BCUT2D eigenvalue weighted by molar-refractivity contribution is 6.05. The molecular weight excluding hydrogens is 356 g/mol. The minimum absolute atomic E-state index is 0.107. The lowest BCUT2D eigenvalue weighted by molar-refractivity contribution is -0.385. The summed E-state index contributed by atoms with van der Waals surface area (Å²) in [5.41, 5.74) is 0.491. The summed E-state index contributed by atoms with van der Waals surface area (Å²) in [6, 6.07) is 5.29. The first kappa shape index (κ1) is 19.8. The van der Waals surface area contributed by atoms with Crippen molar-refractivity contribution in [2.24, 2.45) is 0 Å². The number of H-pyrrole nitrogens is 1. The number of hydrogen-bond acceptors (Lipinski definition) is 7. The molecular formula is C18H18N2O7. The number of benzene rings is 1. The lowest BCUT2D eigenvalue weighted by Gasteiger charge is -2.12. The van der Waals surface area contributed by atoms with Crippen LogP contribution in [0, 0.1) is 24.0 Å². The Kier molecular flexibility index (Phi) is 5.74. The van der Waals surface area contributed by atoms with E-state index in [1.807, 2.05) is 0 Å². The van der Waals surface area contributed by atoms with Gasteiger partial charge >= 0.3 is 11.9 Å². The van der Waals surface area contributed by atoms with E-state index in [1.165, 1.54) is 38.3 Å². The number of rotatable bonds is 6. The van der Waals surface area contributed by atoms with Gasteiger partial charge in [0.1, 0.15) is 5.56 Å². The van der Waals surface area contributed by atoms with Gasteiger partial charge in [0.2, 0.25) is 5.78 Å². The molecule has 0 aliphatic rings. The minimum Gasteiger partial charge on any atom is -0.465 e. The van der Waals surface area contributed by atoms with Crippen LogP contribution in [-0.2, 0) is 9.47 Å². The molecule has 2 aromatic rings. The SMILES string of the molecule is COC(=O)c1c(C)[nH]c(C(=O)[C@H](C)OC(=O)c2ccccc2[N+](=O)[O-])c1C. The summed E-state index contributed by atoms with van der Waals surface area (Å²) in [6.45, 7) is 4.53. The summed E-state index contributed by atoms with van der Waals surface area (Å²) in [7, 11) is 1.23. The molecule has 0 aliphatic heterocycles. The van der Waals surface area contributed by atoms with Gasteiger partial charge in [0, 0.05) is 11.8 Å². The number of aromatic amines is 1. The molecule has 0 bridgehead atoms. The Morgan fingerprint density at radius 3 is 2.37 bits per heavy atom. The first-order chi connectivity index (χ1) is 12.7. The summed E-state index contributed by atoms with van der Waals surface area (Å²) in [5, 5.41) is 11.0. The van der Waals surface area contributed by atoms with E-state index < -0.39 is 34.4 Å². The normalized spacial score (nSPS) is 11.6. The largest absolute Gasteiger partial charge is 0.465 e. The molecule has 9 nitrogen and oxygen atoms in total. The highest BCUT2D eigenvalue weighted by Gasteiger charge is 2.29. The third-order valence-corrected chi connectivity index (χ3v) is 4.05. The van der Waals surface area contributed by atoms with Gasteiger partial charge in [0.25, 0.3) is 5.69 Å². The van der Waals surface area contributed by atoms with E-state index >= 15 is 0 Å². The molecule has 9 heteroatoms. The van der Waals surface area contributed by atoms with Crippen molar-refractivity contribution in [1.82, 2.24) is 4.98 Å². The first-order valence-corrected chi connectivity index (χ1v) is 7.95. The number of esters is 2. The van der Waals surface area contributed by atoms with Crippen molar-refractivity contribution >= 4 is 23.4 Å². The van der Waals surface area contributed by atoms with Crippen molar-refractivity contribution in [2.75, 3.05) is 7.11 Å². The lowest BCUT2D eigenvalue weighted by Crippen LogP contribution is -2.25. The number of Topliss-reactive ketones (excluding diaryl/α,β-unsaturated/α-hetero) is 1. The number of hydrogen-bond donors (Lipinski definition) is 1. The van der Waals surface area contributed by atoms with E-state index in [4.69, 9.17) is 9.47 Å². The molecule has 27 heavy (non-hydrogen) atoms. The molecule has 1 heterocycles. The van der Waals surface area contributed by atoms with Gasteiger partial charge in [0.05, 0.1) is 23.3 Å². The molecule has 1 atom stereocenters. The van der Waals surface area contributed by atoms with E-state index in [2.05, 4.69) is 4.98 Å². The molecule has 0 spiro atoms. The lowest BCUT2D eigenvalue weighted by atomic mass is 10.1. The molecule has 0 fully saturated rings. The maximum atomic E-state index is 12.6. The van der Waals surface area contributed by atoms with Crippen LogP contribution in [-0.4, -0.2) is 40.8 Å². The molecule has 0 amide bonds. The van der Waals surface area contributed by atoms with Crippen molar-refractivity contribution in [2.45, 2.75) is 26.9 Å².